The number of anilines is 1. The molecule has 5 nitrogen and oxygen atoms in total. The molecule has 2 aromatic carbocycles. The molecular formula is C47H66N2O3. The van der Waals surface area contributed by atoms with Gasteiger partial charge in [-0.1, -0.05) is 83.2 Å². The van der Waals surface area contributed by atoms with Crippen LogP contribution in [0.1, 0.15) is 122 Å². The summed E-state index contributed by atoms with van der Waals surface area (Å²) in [6, 6.07) is 18.3. The molecule has 0 saturated heterocycles. The zero-order chi connectivity index (χ0) is 37.1. The Morgan fingerprint density at radius 3 is 2.33 bits per heavy atom. The minimum Gasteiger partial charge on any atom is -0.478 e. The number of nitrogens with zero attached hydrogens (tertiary/aromatic N) is 1. The van der Waals surface area contributed by atoms with Crippen molar-refractivity contribution >= 4 is 17.2 Å². The molecule has 282 valence electrons. The predicted molar refractivity (Wildman–Crippen MR) is 214 cm³/mol. The van der Waals surface area contributed by atoms with Crippen molar-refractivity contribution in [2.24, 2.45) is 56.7 Å². The van der Waals surface area contributed by atoms with Gasteiger partial charge in [-0.3, -0.25) is 0 Å². The molecule has 0 amide bonds. The first-order chi connectivity index (χ1) is 24.7. The average molecular weight is 707 g/mol. The summed E-state index contributed by atoms with van der Waals surface area (Å²) in [6.07, 6.45) is 15.0. The van der Waals surface area contributed by atoms with E-state index >= 15 is 0 Å². The number of hydrogen-bond acceptors (Lipinski definition) is 4. The summed E-state index contributed by atoms with van der Waals surface area (Å²) in [5, 5.41) is 9.50. The van der Waals surface area contributed by atoms with E-state index in [1.807, 2.05) is 12.1 Å². The number of benzene rings is 2. The van der Waals surface area contributed by atoms with Crippen molar-refractivity contribution in [3.63, 3.8) is 0 Å². The van der Waals surface area contributed by atoms with Gasteiger partial charge >= 0.3 is 5.97 Å². The number of hydroxylamine groups is 1. The molecule has 52 heavy (non-hydrogen) atoms. The van der Waals surface area contributed by atoms with Crippen LogP contribution in [0.2, 0.25) is 0 Å². The maximum atomic E-state index is 11.6. The van der Waals surface area contributed by atoms with Crippen molar-refractivity contribution in [1.82, 2.24) is 5.48 Å². The Morgan fingerprint density at radius 2 is 1.63 bits per heavy atom. The molecule has 5 heteroatoms. The number of para-hydroxylation sites is 1. The predicted octanol–water partition coefficient (Wildman–Crippen LogP) is 11.1. The number of rotatable bonds is 11. The summed E-state index contributed by atoms with van der Waals surface area (Å²) in [4.78, 5) is 20.4. The summed E-state index contributed by atoms with van der Waals surface area (Å²) in [7, 11) is 2.17. The molecule has 0 aromatic heterocycles. The lowest BCUT2D eigenvalue weighted by Crippen LogP contribution is -2.65. The van der Waals surface area contributed by atoms with Crippen molar-refractivity contribution in [1.29, 1.82) is 0 Å². The Hall–Kier alpha value is -2.89. The fourth-order valence-corrected chi connectivity index (χ4v) is 13.9. The fraction of sp³-hybridized carbons (Fsp3) is 0.638. The molecule has 5 aliphatic rings. The minimum absolute atomic E-state index is 0.0241. The fourth-order valence-electron chi connectivity index (χ4n) is 13.9. The third kappa shape index (κ3) is 5.92. The van der Waals surface area contributed by atoms with Crippen LogP contribution in [0.25, 0.3) is 5.57 Å². The van der Waals surface area contributed by atoms with Gasteiger partial charge in [-0.25, -0.2) is 10.3 Å². The van der Waals surface area contributed by atoms with E-state index in [1.54, 1.807) is 12.1 Å². The summed E-state index contributed by atoms with van der Waals surface area (Å²) in [6.45, 7) is 22.7. The lowest BCUT2D eigenvalue weighted by atomic mass is 9.32. The lowest BCUT2D eigenvalue weighted by molar-refractivity contribution is -0.231. The van der Waals surface area contributed by atoms with Crippen LogP contribution in [0.15, 0.2) is 72.8 Å². The van der Waals surface area contributed by atoms with Gasteiger partial charge in [0.2, 0.25) is 0 Å². The third-order valence-electron chi connectivity index (χ3n) is 16.7. The summed E-state index contributed by atoms with van der Waals surface area (Å²) in [5.41, 5.74) is 10.1. The zero-order valence-electron chi connectivity index (χ0n) is 33.3. The highest BCUT2D eigenvalue weighted by Gasteiger charge is 2.70. The van der Waals surface area contributed by atoms with Crippen LogP contribution < -0.4 is 10.4 Å². The van der Waals surface area contributed by atoms with Gasteiger partial charge in [-0.15, -0.1) is 0 Å². The first kappa shape index (κ1) is 37.4. The van der Waals surface area contributed by atoms with E-state index < -0.39 is 5.97 Å². The zero-order valence-corrected chi connectivity index (χ0v) is 33.3. The maximum Gasteiger partial charge on any atom is 0.335 e. The highest BCUT2D eigenvalue weighted by atomic mass is 16.6. The monoisotopic (exact) mass is 707 g/mol. The quantitative estimate of drug-likeness (QED) is 0.138. The van der Waals surface area contributed by atoms with Crippen molar-refractivity contribution in [3.05, 3.63) is 84.0 Å². The Balaban J connectivity index is 1.08. The van der Waals surface area contributed by atoms with Gasteiger partial charge in [-0.05, 0) is 163 Å². The number of carboxylic acids is 1. The molecule has 2 aromatic rings. The lowest BCUT2D eigenvalue weighted by Gasteiger charge is -2.72. The summed E-state index contributed by atoms with van der Waals surface area (Å²) < 4.78 is 0. The van der Waals surface area contributed by atoms with Crippen molar-refractivity contribution in [2.45, 2.75) is 106 Å². The van der Waals surface area contributed by atoms with Crippen molar-refractivity contribution in [3.8, 4) is 0 Å². The molecule has 4 saturated carbocycles. The standard InChI is InChI=1S/C47H66N2O3/c1-32(2)36-21-26-47(31-52-48-29-12-30-49(8)35-13-10-9-11-14-35)28-27-45(6)38(41(36)47)19-20-40-44(5)24-22-37(33-15-17-34(18-16-33)42(50)51)43(3,4)39(44)23-25-46(40,45)7/h9-11,13-18,22,36,38-41,48H,1,12,19-21,23-31H2,2-8H3,(H,50,51)/t36-,38?,39?,40?,41?,44-,45+,46+,47+/m0/s1. The highest BCUT2D eigenvalue weighted by Crippen LogP contribution is 2.77. The van der Waals surface area contributed by atoms with E-state index in [2.05, 4.69) is 102 Å². The smallest absolute Gasteiger partial charge is 0.335 e. The van der Waals surface area contributed by atoms with E-state index in [1.165, 1.54) is 73.8 Å². The van der Waals surface area contributed by atoms with Crippen molar-refractivity contribution in [2.75, 3.05) is 31.6 Å². The molecule has 0 radical (unpaired) electrons. The molecule has 7 rings (SSSR count). The van der Waals surface area contributed by atoms with Gasteiger partial charge in [0.05, 0.1) is 12.2 Å². The summed E-state index contributed by atoms with van der Waals surface area (Å²) in [5.74, 6) is 2.36. The number of allylic oxidation sites excluding steroid dienone is 3. The van der Waals surface area contributed by atoms with E-state index in [9.17, 15) is 9.90 Å². The molecule has 4 unspecified atom stereocenters. The molecular weight excluding hydrogens is 641 g/mol. The second-order valence-corrected chi connectivity index (χ2v) is 19.3. The number of carboxylic acid groups (broad SMARTS) is 1. The second kappa shape index (κ2) is 13.8. The molecule has 0 spiro atoms. The highest BCUT2D eigenvalue weighted by molar-refractivity contribution is 5.88. The molecule has 0 heterocycles. The molecule has 0 bridgehead atoms. The van der Waals surface area contributed by atoms with Crippen LogP contribution in [0.4, 0.5) is 5.69 Å². The van der Waals surface area contributed by atoms with E-state index in [-0.39, 0.29) is 16.2 Å². The minimum atomic E-state index is -0.860. The Bertz CT molecular complexity index is 1660. The molecule has 0 aliphatic heterocycles. The van der Waals surface area contributed by atoms with Gasteiger partial charge in [-0.2, -0.15) is 0 Å². The Kier molecular flexibility index (Phi) is 9.90. The average Bonchev–Trinajstić information content (AvgIpc) is 3.50. The van der Waals surface area contributed by atoms with Crippen LogP contribution in [0, 0.1) is 56.7 Å². The number of carbonyl (C=O) groups is 1. The molecule has 9 atom stereocenters. The molecule has 2 N–H and O–H groups in total. The number of hydrogen-bond donors (Lipinski definition) is 2. The molecule has 4 fully saturated rings. The summed E-state index contributed by atoms with van der Waals surface area (Å²) >= 11 is 0. The van der Waals surface area contributed by atoms with Crippen LogP contribution >= 0.6 is 0 Å². The Morgan fingerprint density at radius 1 is 0.904 bits per heavy atom. The third-order valence-corrected chi connectivity index (χ3v) is 16.7. The molecule has 5 aliphatic carbocycles. The second-order valence-electron chi connectivity index (χ2n) is 19.3. The van der Waals surface area contributed by atoms with Crippen molar-refractivity contribution < 1.29 is 14.7 Å². The van der Waals surface area contributed by atoms with Crippen LogP contribution in [-0.2, 0) is 4.84 Å². The van der Waals surface area contributed by atoms with Gasteiger partial charge in [0.25, 0.3) is 0 Å². The number of aromatic carboxylic acids is 1. The Labute approximate surface area is 314 Å². The van der Waals surface area contributed by atoms with Crippen LogP contribution in [0.3, 0.4) is 0 Å². The number of fused-ring (bicyclic) bond motifs is 7. The normalized spacial score (nSPS) is 37.5. The topological polar surface area (TPSA) is 61.8 Å². The van der Waals surface area contributed by atoms with Crippen LogP contribution in [0.5, 0.6) is 0 Å². The van der Waals surface area contributed by atoms with Gasteiger partial charge in [0.15, 0.2) is 0 Å². The van der Waals surface area contributed by atoms with Gasteiger partial charge in [0.1, 0.15) is 0 Å². The first-order valence-electron chi connectivity index (χ1n) is 20.5. The van der Waals surface area contributed by atoms with E-state index in [0.29, 0.717) is 46.0 Å². The van der Waals surface area contributed by atoms with Gasteiger partial charge in [0, 0.05) is 25.8 Å². The van der Waals surface area contributed by atoms with E-state index in [0.717, 1.165) is 32.5 Å². The van der Waals surface area contributed by atoms with Gasteiger partial charge < -0.3 is 14.8 Å². The number of nitrogens with one attached hydrogen (secondary N) is 1. The largest absolute Gasteiger partial charge is 0.478 e. The van der Waals surface area contributed by atoms with E-state index in [4.69, 9.17) is 4.84 Å². The maximum absolute atomic E-state index is 11.6. The van der Waals surface area contributed by atoms with Crippen LogP contribution in [-0.4, -0.2) is 37.8 Å². The first-order valence-corrected chi connectivity index (χ1v) is 20.5. The SMILES string of the molecule is C=C(C)[C@@H]1CC[C@]2(CONCCCN(C)c3ccccc3)CC[C@]3(C)C(CCC4[C@@]5(C)CC=C(c6ccc(C(=O)O)cc6)C(C)(C)C5CC[C@]43C)C12.